The summed E-state index contributed by atoms with van der Waals surface area (Å²) in [7, 11) is 1.57. The van der Waals surface area contributed by atoms with E-state index in [2.05, 4.69) is 46.9 Å². The van der Waals surface area contributed by atoms with Crippen LogP contribution >= 0.6 is 15.9 Å². The molecule has 0 saturated heterocycles. The van der Waals surface area contributed by atoms with Crippen LogP contribution in [0.2, 0.25) is 0 Å². The molecule has 4 nitrogen and oxygen atoms in total. The number of methoxy groups -OCH3 is 1. The molecule has 0 saturated carbocycles. The number of ether oxygens (including phenoxy) is 1. The zero-order chi connectivity index (χ0) is 15.1. The van der Waals surface area contributed by atoms with Gasteiger partial charge in [-0.1, -0.05) is 29.8 Å². The number of amides is 1. The Bertz CT molecular complexity index is 447. The SMILES string of the molecule is CCN(CC)C(C)CNC(=O)c1cc(Br)ccc1OC. The second kappa shape index (κ2) is 8.27. The molecule has 0 radical (unpaired) electrons. The minimum atomic E-state index is -0.109. The van der Waals surface area contributed by atoms with Crippen molar-refractivity contribution in [3.63, 3.8) is 0 Å². The van der Waals surface area contributed by atoms with E-state index in [0.717, 1.165) is 17.6 Å². The number of rotatable bonds is 7. The van der Waals surface area contributed by atoms with Gasteiger partial charge in [0.05, 0.1) is 12.7 Å². The molecule has 1 N–H and O–H groups in total. The predicted octanol–water partition coefficient (Wildman–Crippen LogP) is 2.92. The number of carbonyl (C=O) groups is 1. The summed E-state index contributed by atoms with van der Waals surface area (Å²) in [6.07, 6.45) is 0. The van der Waals surface area contributed by atoms with Crippen molar-refractivity contribution in [1.29, 1.82) is 0 Å². The van der Waals surface area contributed by atoms with Crippen molar-refractivity contribution in [3.05, 3.63) is 28.2 Å². The van der Waals surface area contributed by atoms with E-state index in [0.29, 0.717) is 23.9 Å². The fourth-order valence-corrected chi connectivity index (χ4v) is 2.53. The third-order valence-electron chi connectivity index (χ3n) is 3.40. The van der Waals surface area contributed by atoms with Crippen LogP contribution in [-0.2, 0) is 0 Å². The van der Waals surface area contributed by atoms with Crippen LogP contribution in [0.3, 0.4) is 0 Å². The van der Waals surface area contributed by atoms with Gasteiger partial charge in [0.25, 0.3) is 5.91 Å². The van der Waals surface area contributed by atoms with Crippen LogP contribution in [0.25, 0.3) is 0 Å². The van der Waals surface area contributed by atoms with E-state index in [1.165, 1.54) is 0 Å². The predicted molar refractivity (Wildman–Crippen MR) is 85.4 cm³/mol. The molecule has 1 aromatic carbocycles. The Hall–Kier alpha value is -1.07. The maximum atomic E-state index is 12.2. The molecular weight excluding hydrogens is 320 g/mol. The van der Waals surface area contributed by atoms with Gasteiger partial charge in [-0.15, -0.1) is 0 Å². The van der Waals surface area contributed by atoms with E-state index in [4.69, 9.17) is 4.74 Å². The fraction of sp³-hybridized carbons (Fsp3) is 0.533. The van der Waals surface area contributed by atoms with Crippen LogP contribution in [0.4, 0.5) is 0 Å². The molecule has 0 aromatic heterocycles. The van der Waals surface area contributed by atoms with Gasteiger partial charge in [0.1, 0.15) is 5.75 Å². The van der Waals surface area contributed by atoms with Crippen LogP contribution in [0.15, 0.2) is 22.7 Å². The standard InChI is InChI=1S/C15H23BrN2O2/c1-5-18(6-2)11(3)10-17-15(19)13-9-12(16)7-8-14(13)20-4/h7-9,11H,5-6,10H2,1-4H3,(H,17,19). The molecule has 0 bridgehead atoms. The van der Waals surface area contributed by atoms with Gasteiger partial charge in [-0.2, -0.15) is 0 Å². The molecule has 1 aromatic rings. The van der Waals surface area contributed by atoms with E-state index >= 15 is 0 Å². The molecular formula is C15H23BrN2O2. The molecule has 5 heteroatoms. The zero-order valence-electron chi connectivity index (χ0n) is 12.6. The summed E-state index contributed by atoms with van der Waals surface area (Å²) in [5.41, 5.74) is 0.550. The summed E-state index contributed by atoms with van der Waals surface area (Å²) in [5, 5.41) is 2.97. The molecule has 1 amide bonds. The number of halogens is 1. The quantitative estimate of drug-likeness (QED) is 0.828. The molecule has 20 heavy (non-hydrogen) atoms. The van der Waals surface area contributed by atoms with Crippen molar-refractivity contribution < 1.29 is 9.53 Å². The highest BCUT2D eigenvalue weighted by Gasteiger charge is 2.15. The molecule has 0 aliphatic heterocycles. The summed E-state index contributed by atoms with van der Waals surface area (Å²) in [6.45, 7) is 8.95. The van der Waals surface area contributed by atoms with Crippen molar-refractivity contribution in [3.8, 4) is 5.75 Å². The van der Waals surface area contributed by atoms with Gasteiger partial charge in [-0.05, 0) is 38.2 Å². The van der Waals surface area contributed by atoms with Crippen molar-refractivity contribution in [1.82, 2.24) is 10.2 Å². The Morgan fingerprint density at radius 3 is 2.60 bits per heavy atom. The second-order valence-corrected chi connectivity index (χ2v) is 5.54. The first-order chi connectivity index (χ1) is 9.53. The number of benzene rings is 1. The Balaban J connectivity index is 2.70. The van der Waals surface area contributed by atoms with Crippen molar-refractivity contribution in [2.45, 2.75) is 26.8 Å². The molecule has 0 aliphatic rings. The molecule has 1 atom stereocenters. The van der Waals surface area contributed by atoms with E-state index in [1.807, 2.05) is 6.07 Å². The zero-order valence-corrected chi connectivity index (χ0v) is 14.2. The maximum absolute atomic E-state index is 12.2. The van der Waals surface area contributed by atoms with Crippen molar-refractivity contribution >= 4 is 21.8 Å². The molecule has 0 aliphatic carbocycles. The van der Waals surface area contributed by atoms with Gasteiger partial charge in [-0.3, -0.25) is 9.69 Å². The normalized spacial score (nSPS) is 12.3. The molecule has 112 valence electrons. The molecule has 1 rings (SSSR count). The lowest BCUT2D eigenvalue weighted by atomic mass is 10.2. The van der Waals surface area contributed by atoms with Gasteiger partial charge in [-0.25, -0.2) is 0 Å². The Morgan fingerprint density at radius 1 is 1.40 bits per heavy atom. The number of hydrogen-bond acceptors (Lipinski definition) is 3. The maximum Gasteiger partial charge on any atom is 0.255 e. The molecule has 0 spiro atoms. The van der Waals surface area contributed by atoms with E-state index < -0.39 is 0 Å². The third kappa shape index (κ3) is 4.49. The Morgan fingerprint density at radius 2 is 2.05 bits per heavy atom. The van der Waals surface area contributed by atoms with Gasteiger partial charge in [0, 0.05) is 17.1 Å². The van der Waals surface area contributed by atoms with Crippen LogP contribution in [0, 0.1) is 0 Å². The lowest BCUT2D eigenvalue weighted by Crippen LogP contribution is -2.42. The second-order valence-electron chi connectivity index (χ2n) is 4.62. The van der Waals surface area contributed by atoms with Gasteiger partial charge >= 0.3 is 0 Å². The first-order valence-corrected chi connectivity index (χ1v) is 7.68. The fourth-order valence-electron chi connectivity index (χ4n) is 2.17. The van der Waals surface area contributed by atoms with Crippen LogP contribution in [-0.4, -0.2) is 43.6 Å². The van der Waals surface area contributed by atoms with E-state index in [1.54, 1.807) is 19.2 Å². The molecule has 0 fully saturated rings. The first-order valence-electron chi connectivity index (χ1n) is 6.89. The van der Waals surface area contributed by atoms with Crippen molar-refractivity contribution in [2.24, 2.45) is 0 Å². The highest BCUT2D eigenvalue weighted by molar-refractivity contribution is 9.10. The summed E-state index contributed by atoms with van der Waals surface area (Å²) in [5.74, 6) is 0.475. The minimum Gasteiger partial charge on any atom is -0.496 e. The number of nitrogens with zero attached hydrogens (tertiary/aromatic N) is 1. The van der Waals surface area contributed by atoms with Gasteiger partial charge in [0.15, 0.2) is 0 Å². The number of carbonyl (C=O) groups excluding carboxylic acids is 1. The van der Waals surface area contributed by atoms with Gasteiger partial charge < -0.3 is 10.1 Å². The summed E-state index contributed by atoms with van der Waals surface area (Å²) in [4.78, 5) is 14.6. The highest BCUT2D eigenvalue weighted by Crippen LogP contribution is 2.22. The van der Waals surface area contributed by atoms with E-state index in [9.17, 15) is 4.79 Å². The monoisotopic (exact) mass is 342 g/mol. The number of likely N-dealkylation sites (N-methyl/N-ethyl adjacent to an activating group) is 1. The Kier molecular flexibility index (Phi) is 7.02. The summed E-state index contributed by atoms with van der Waals surface area (Å²) >= 11 is 3.38. The molecule has 0 heterocycles. The first kappa shape index (κ1) is 17.0. The lowest BCUT2D eigenvalue weighted by molar-refractivity contribution is 0.0935. The molecule has 1 unspecified atom stereocenters. The van der Waals surface area contributed by atoms with Crippen LogP contribution in [0.1, 0.15) is 31.1 Å². The summed E-state index contributed by atoms with van der Waals surface area (Å²) in [6, 6.07) is 5.73. The number of hydrogen-bond donors (Lipinski definition) is 1. The average Bonchev–Trinajstić information content (AvgIpc) is 2.46. The largest absolute Gasteiger partial charge is 0.496 e. The average molecular weight is 343 g/mol. The third-order valence-corrected chi connectivity index (χ3v) is 3.89. The Labute approximate surface area is 129 Å². The van der Waals surface area contributed by atoms with Crippen LogP contribution < -0.4 is 10.1 Å². The van der Waals surface area contributed by atoms with E-state index in [-0.39, 0.29) is 5.91 Å². The summed E-state index contributed by atoms with van der Waals surface area (Å²) < 4.78 is 6.09. The number of nitrogens with one attached hydrogen (secondary N) is 1. The highest BCUT2D eigenvalue weighted by atomic mass is 79.9. The van der Waals surface area contributed by atoms with Crippen molar-refractivity contribution in [2.75, 3.05) is 26.7 Å². The minimum absolute atomic E-state index is 0.109. The lowest BCUT2D eigenvalue weighted by Gasteiger charge is -2.26. The van der Waals surface area contributed by atoms with Gasteiger partial charge in [0.2, 0.25) is 0 Å². The van der Waals surface area contributed by atoms with Crippen LogP contribution in [0.5, 0.6) is 5.75 Å². The smallest absolute Gasteiger partial charge is 0.255 e. The topological polar surface area (TPSA) is 41.6 Å².